The van der Waals surface area contributed by atoms with Crippen LogP contribution in [0.25, 0.3) is 0 Å². The van der Waals surface area contributed by atoms with Crippen LogP contribution < -0.4 is 0 Å². The molecule has 0 saturated heterocycles. The summed E-state index contributed by atoms with van der Waals surface area (Å²) in [7, 11) is 0. The zero-order valence-corrected chi connectivity index (χ0v) is 7.08. The van der Waals surface area contributed by atoms with Crippen molar-refractivity contribution in [1.29, 1.82) is 0 Å². The van der Waals surface area contributed by atoms with Crippen molar-refractivity contribution in [3.63, 3.8) is 0 Å². The monoisotopic (exact) mass is 160 g/mol. The minimum Gasteiger partial charge on any atom is -0.474 e. The van der Waals surface area contributed by atoms with Gasteiger partial charge in [0.25, 0.3) is 0 Å². The number of hydrogen-bond donors (Lipinski definition) is 2. The minimum absolute atomic E-state index is 0.382. The van der Waals surface area contributed by atoms with E-state index in [0.29, 0.717) is 6.42 Å². The quantitative estimate of drug-likeness (QED) is 0.484. The summed E-state index contributed by atoms with van der Waals surface area (Å²) in [5, 5.41) is 16.8. The molecule has 0 heterocycles. The van der Waals surface area contributed by atoms with Crippen LogP contribution in [0.2, 0.25) is 0 Å². The van der Waals surface area contributed by atoms with Crippen molar-refractivity contribution in [2.45, 2.75) is 26.1 Å². The first-order chi connectivity index (χ1) is 4.97. The summed E-state index contributed by atoms with van der Waals surface area (Å²) < 4.78 is 4.36. The van der Waals surface area contributed by atoms with E-state index in [1.807, 2.05) is 0 Å². The highest BCUT2D eigenvalue weighted by atomic mass is 16.5. The predicted molar refractivity (Wildman–Crippen MR) is 44.6 cm³/mol. The van der Waals surface area contributed by atoms with Crippen molar-refractivity contribution >= 4 is 0 Å². The Morgan fingerprint density at radius 2 is 1.64 bits per heavy atom. The van der Waals surface area contributed by atoms with Crippen LogP contribution in [0.15, 0.2) is 25.7 Å². The number of hydrogen-bond acceptors (Lipinski definition) is 3. The van der Waals surface area contributed by atoms with Crippen molar-refractivity contribution in [2.75, 3.05) is 0 Å². The van der Waals surface area contributed by atoms with Gasteiger partial charge in [0.05, 0.1) is 12.5 Å². The van der Waals surface area contributed by atoms with Crippen LogP contribution in [0.3, 0.4) is 0 Å². The summed E-state index contributed by atoms with van der Waals surface area (Å²) in [6.45, 7) is 9.58. The van der Waals surface area contributed by atoms with E-state index in [1.54, 1.807) is 6.92 Å². The van der Waals surface area contributed by atoms with E-state index in [-0.39, 0.29) is 0 Å². The van der Waals surface area contributed by atoms with Crippen LogP contribution in [0.1, 0.15) is 20.3 Å². The first-order valence-electron chi connectivity index (χ1n) is 3.30. The maximum atomic E-state index is 8.38. The molecule has 3 nitrogen and oxygen atoms in total. The summed E-state index contributed by atoms with van der Waals surface area (Å²) in [6.07, 6.45) is 3.01. The molecule has 0 bridgehead atoms. The molecule has 0 aliphatic rings. The van der Waals surface area contributed by atoms with E-state index in [4.69, 9.17) is 10.2 Å². The lowest BCUT2D eigenvalue weighted by Gasteiger charge is -2.10. The molecule has 0 rings (SSSR count). The molecule has 0 amide bonds. The molecule has 0 fully saturated rings. The third-order valence-corrected chi connectivity index (χ3v) is 0.862. The molecule has 0 saturated carbocycles. The molecule has 66 valence electrons. The van der Waals surface area contributed by atoms with E-state index in [9.17, 15) is 0 Å². The molecular formula is C8H16O3. The van der Waals surface area contributed by atoms with Crippen LogP contribution >= 0.6 is 0 Å². The van der Waals surface area contributed by atoms with Crippen molar-refractivity contribution < 1.29 is 14.9 Å². The van der Waals surface area contributed by atoms with Crippen LogP contribution in [0, 0.1) is 0 Å². The van der Waals surface area contributed by atoms with Gasteiger partial charge in [0, 0.05) is 0 Å². The molecule has 0 spiro atoms. The van der Waals surface area contributed by atoms with Crippen LogP contribution in [0.5, 0.6) is 0 Å². The average Bonchev–Trinajstić information content (AvgIpc) is 1.90. The van der Waals surface area contributed by atoms with Crippen LogP contribution in [0.4, 0.5) is 0 Å². The van der Waals surface area contributed by atoms with E-state index in [2.05, 4.69) is 17.9 Å². The third-order valence-electron chi connectivity index (χ3n) is 0.862. The van der Waals surface area contributed by atoms with Crippen LogP contribution in [-0.2, 0) is 4.74 Å². The van der Waals surface area contributed by atoms with Gasteiger partial charge in [0.2, 0.25) is 0 Å². The van der Waals surface area contributed by atoms with Gasteiger partial charge < -0.3 is 14.9 Å². The Morgan fingerprint density at radius 3 is 1.64 bits per heavy atom. The standard InChI is InChI=1S/C4H10O2.C4H6O/c1-3-4(2,5)6;1-3-5-4-2/h5-6H,3H2,1-2H3;3-4H,1-2H2. The molecule has 0 aromatic rings. The molecule has 0 unspecified atom stereocenters. The highest BCUT2D eigenvalue weighted by Crippen LogP contribution is 1.99. The molecule has 11 heavy (non-hydrogen) atoms. The first-order valence-corrected chi connectivity index (χ1v) is 3.30. The van der Waals surface area contributed by atoms with E-state index < -0.39 is 5.79 Å². The molecule has 0 aliphatic heterocycles. The summed E-state index contributed by atoms with van der Waals surface area (Å²) in [5.74, 6) is -1.46. The van der Waals surface area contributed by atoms with Gasteiger partial charge in [-0.05, 0) is 13.3 Å². The molecule has 0 atom stereocenters. The Bertz CT molecular complexity index is 96.4. The predicted octanol–water partition coefficient (Wildman–Crippen LogP) is 1.39. The van der Waals surface area contributed by atoms with Gasteiger partial charge in [0.1, 0.15) is 0 Å². The highest BCUT2D eigenvalue weighted by molar-refractivity contribution is 4.57. The molecule has 2 N–H and O–H groups in total. The second kappa shape index (κ2) is 7.31. The van der Waals surface area contributed by atoms with Crippen molar-refractivity contribution in [2.24, 2.45) is 0 Å². The van der Waals surface area contributed by atoms with Gasteiger partial charge in [-0.1, -0.05) is 20.1 Å². The molecule has 0 aromatic carbocycles. The van der Waals surface area contributed by atoms with Crippen molar-refractivity contribution in [1.82, 2.24) is 0 Å². The van der Waals surface area contributed by atoms with Gasteiger partial charge in [-0.25, -0.2) is 0 Å². The first kappa shape index (κ1) is 12.8. The van der Waals surface area contributed by atoms with Crippen molar-refractivity contribution in [3.8, 4) is 0 Å². The Balaban J connectivity index is 0. The van der Waals surface area contributed by atoms with E-state index >= 15 is 0 Å². The molecule has 0 aliphatic carbocycles. The van der Waals surface area contributed by atoms with Gasteiger partial charge in [0.15, 0.2) is 5.79 Å². The maximum absolute atomic E-state index is 8.38. The molecule has 0 aromatic heterocycles. The Hall–Kier alpha value is -0.800. The number of rotatable bonds is 3. The van der Waals surface area contributed by atoms with Gasteiger partial charge in [-0.3, -0.25) is 0 Å². The highest BCUT2D eigenvalue weighted by Gasteiger charge is 2.08. The van der Waals surface area contributed by atoms with E-state index in [0.717, 1.165) is 0 Å². The SMILES string of the molecule is C=COC=C.CCC(C)(O)O. The lowest BCUT2D eigenvalue weighted by atomic mass is 10.3. The second-order valence-corrected chi connectivity index (χ2v) is 2.04. The lowest BCUT2D eigenvalue weighted by molar-refractivity contribution is -0.145. The third kappa shape index (κ3) is 27.0. The Kier molecular flexibility index (Phi) is 8.53. The number of aliphatic hydroxyl groups is 2. The molecular weight excluding hydrogens is 144 g/mol. The van der Waals surface area contributed by atoms with Crippen molar-refractivity contribution in [3.05, 3.63) is 25.7 Å². The zero-order valence-electron chi connectivity index (χ0n) is 7.08. The fourth-order valence-corrected chi connectivity index (χ4v) is 0.0680. The maximum Gasteiger partial charge on any atom is 0.159 e. The summed E-state index contributed by atoms with van der Waals surface area (Å²) >= 11 is 0. The Labute approximate surface area is 67.6 Å². The van der Waals surface area contributed by atoms with Gasteiger partial charge >= 0.3 is 0 Å². The molecule has 0 radical (unpaired) electrons. The largest absolute Gasteiger partial charge is 0.474 e. The smallest absolute Gasteiger partial charge is 0.159 e. The van der Waals surface area contributed by atoms with Gasteiger partial charge in [-0.15, -0.1) is 0 Å². The van der Waals surface area contributed by atoms with E-state index in [1.165, 1.54) is 19.4 Å². The Morgan fingerprint density at radius 1 is 1.36 bits per heavy atom. The fraction of sp³-hybridized carbons (Fsp3) is 0.500. The summed E-state index contributed by atoms with van der Waals surface area (Å²) in [4.78, 5) is 0. The minimum atomic E-state index is -1.46. The summed E-state index contributed by atoms with van der Waals surface area (Å²) in [6, 6.07) is 0. The average molecular weight is 160 g/mol. The molecule has 3 heteroatoms. The fourth-order valence-electron chi connectivity index (χ4n) is 0.0680. The number of ether oxygens (including phenoxy) is 1. The topological polar surface area (TPSA) is 49.7 Å². The normalized spacial score (nSPS) is 9.09. The second-order valence-electron chi connectivity index (χ2n) is 2.04. The summed E-state index contributed by atoms with van der Waals surface area (Å²) in [5.41, 5.74) is 0. The van der Waals surface area contributed by atoms with Crippen LogP contribution in [-0.4, -0.2) is 16.0 Å². The zero-order chi connectivity index (χ0) is 9.33. The lowest BCUT2D eigenvalue weighted by Crippen LogP contribution is -2.20. The van der Waals surface area contributed by atoms with Gasteiger partial charge in [-0.2, -0.15) is 0 Å².